The number of thiazole rings is 1. The van der Waals surface area contributed by atoms with Gasteiger partial charge in [0.2, 0.25) is 0 Å². The minimum atomic E-state index is -0.457. The number of hydrogen-bond donors (Lipinski definition) is 2. The summed E-state index contributed by atoms with van der Waals surface area (Å²) in [7, 11) is 0. The van der Waals surface area contributed by atoms with Crippen LogP contribution in [0, 0.1) is 10.1 Å². The molecule has 0 bridgehead atoms. The van der Waals surface area contributed by atoms with E-state index in [0.29, 0.717) is 26.4 Å². The zero-order valence-corrected chi connectivity index (χ0v) is 16.7. The molecule has 27 heavy (non-hydrogen) atoms. The molecule has 3 rings (SSSR count). The predicted octanol–water partition coefficient (Wildman–Crippen LogP) is 4.61. The molecule has 0 aliphatic rings. The van der Waals surface area contributed by atoms with Gasteiger partial charge in [0.05, 0.1) is 16.2 Å². The lowest BCUT2D eigenvalue weighted by Crippen LogP contribution is -2.34. The van der Waals surface area contributed by atoms with Crippen molar-refractivity contribution in [3.05, 3.63) is 74.1 Å². The molecule has 1 aromatic heterocycles. The van der Waals surface area contributed by atoms with E-state index in [4.69, 9.17) is 12.2 Å². The van der Waals surface area contributed by atoms with Crippen molar-refractivity contribution in [1.29, 1.82) is 0 Å². The predicted molar refractivity (Wildman–Crippen MR) is 112 cm³/mol. The van der Waals surface area contributed by atoms with Gasteiger partial charge in [0, 0.05) is 27.5 Å². The van der Waals surface area contributed by atoms with Crippen LogP contribution in [0.15, 0.2) is 58.4 Å². The van der Waals surface area contributed by atoms with E-state index in [1.54, 1.807) is 35.7 Å². The Morgan fingerprint density at radius 1 is 1.22 bits per heavy atom. The zero-order chi connectivity index (χ0) is 19.4. The monoisotopic (exact) mass is 462 g/mol. The summed E-state index contributed by atoms with van der Waals surface area (Å²) in [6.45, 7) is 0. The van der Waals surface area contributed by atoms with Crippen LogP contribution in [0.4, 0.5) is 10.8 Å². The highest BCUT2D eigenvalue weighted by molar-refractivity contribution is 9.10. The van der Waals surface area contributed by atoms with Crippen molar-refractivity contribution < 1.29 is 9.72 Å². The molecule has 1 amide bonds. The number of amides is 1. The average molecular weight is 463 g/mol. The molecule has 0 unspecified atom stereocenters. The van der Waals surface area contributed by atoms with E-state index in [9.17, 15) is 14.9 Å². The van der Waals surface area contributed by atoms with Crippen molar-refractivity contribution in [3.8, 4) is 11.3 Å². The van der Waals surface area contributed by atoms with Crippen LogP contribution in [0.1, 0.15) is 10.4 Å². The van der Waals surface area contributed by atoms with Gasteiger partial charge in [0.15, 0.2) is 10.2 Å². The Bertz CT molecular complexity index is 1040. The Balaban J connectivity index is 1.68. The van der Waals surface area contributed by atoms with Gasteiger partial charge < -0.3 is 5.32 Å². The first-order chi connectivity index (χ1) is 12.9. The number of thiocarbonyl (C=S) groups is 1. The summed E-state index contributed by atoms with van der Waals surface area (Å²) in [5, 5.41) is 18.7. The highest BCUT2D eigenvalue weighted by atomic mass is 79.9. The van der Waals surface area contributed by atoms with E-state index in [2.05, 4.69) is 31.5 Å². The minimum absolute atomic E-state index is 0.00812. The summed E-state index contributed by atoms with van der Waals surface area (Å²) in [5.41, 5.74) is 1.65. The molecule has 0 aliphatic carbocycles. The number of anilines is 1. The second-order valence-corrected chi connectivity index (χ2v) is 7.35. The second kappa shape index (κ2) is 8.33. The summed E-state index contributed by atoms with van der Waals surface area (Å²) < 4.78 is 0.660. The summed E-state index contributed by atoms with van der Waals surface area (Å²) in [6.07, 6.45) is 0. The van der Waals surface area contributed by atoms with Crippen molar-refractivity contribution in [2.45, 2.75) is 0 Å². The van der Waals surface area contributed by atoms with Gasteiger partial charge in [0.25, 0.3) is 11.6 Å². The molecule has 2 aromatic carbocycles. The van der Waals surface area contributed by atoms with Gasteiger partial charge in [-0.05, 0) is 40.3 Å². The normalized spacial score (nSPS) is 10.3. The van der Waals surface area contributed by atoms with Crippen LogP contribution in [-0.4, -0.2) is 20.9 Å². The van der Waals surface area contributed by atoms with Crippen LogP contribution in [0.3, 0.4) is 0 Å². The lowest BCUT2D eigenvalue weighted by Gasteiger charge is -2.08. The molecule has 0 fully saturated rings. The number of aromatic nitrogens is 1. The van der Waals surface area contributed by atoms with Gasteiger partial charge in [0.1, 0.15) is 0 Å². The minimum Gasteiger partial charge on any atom is -0.308 e. The van der Waals surface area contributed by atoms with E-state index < -0.39 is 4.92 Å². The van der Waals surface area contributed by atoms with Gasteiger partial charge in [-0.25, -0.2) is 4.98 Å². The second-order valence-electron chi connectivity index (χ2n) is 5.23. The Morgan fingerprint density at radius 3 is 2.74 bits per heavy atom. The molecule has 3 aromatic rings. The number of nitrogens with zero attached hydrogens (tertiary/aromatic N) is 2. The lowest BCUT2D eigenvalue weighted by molar-refractivity contribution is -0.384. The van der Waals surface area contributed by atoms with E-state index in [0.717, 1.165) is 0 Å². The number of benzene rings is 2. The molecule has 1 heterocycles. The van der Waals surface area contributed by atoms with Crippen molar-refractivity contribution in [2.75, 3.05) is 5.32 Å². The van der Waals surface area contributed by atoms with Crippen molar-refractivity contribution >= 4 is 61.3 Å². The van der Waals surface area contributed by atoms with Crippen LogP contribution >= 0.6 is 39.5 Å². The van der Waals surface area contributed by atoms with Crippen LogP contribution in [-0.2, 0) is 0 Å². The number of nitro groups is 1. The first kappa shape index (κ1) is 19.1. The summed E-state index contributed by atoms with van der Waals surface area (Å²) in [5.74, 6) is -0.351. The fourth-order valence-corrected chi connectivity index (χ4v) is 3.63. The molecule has 10 heteroatoms. The number of carbonyl (C=O) groups excluding carboxylic acids is 1. The number of hydrogen-bond acceptors (Lipinski definition) is 6. The number of rotatable bonds is 4. The number of halogens is 1. The SMILES string of the molecule is O=C(NC(=S)Nc1nc(-c2cccc([N+](=O)[O-])c2)cs1)c1ccccc1Br. The van der Waals surface area contributed by atoms with Gasteiger partial charge in [-0.15, -0.1) is 11.3 Å². The van der Waals surface area contributed by atoms with Gasteiger partial charge >= 0.3 is 0 Å². The quantitative estimate of drug-likeness (QED) is 0.333. The maximum atomic E-state index is 12.2. The molecule has 0 radical (unpaired) electrons. The highest BCUT2D eigenvalue weighted by Crippen LogP contribution is 2.27. The van der Waals surface area contributed by atoms with Crippen molar-refractivity contribution in [2.24, 2.45) is 0 Å². The molecular formula is C17H11BrN4O3S2. The Morgan fingerprint density at radius 2 is 2.00 bits per heavy atom. The maximum absolute atomic E-state index is 12.2. The largest absolute Gasteiger partial charge is 0.308 e. The van der Waals surface area contributed by atoms with E-state index in [1.165, 1.54) is 23.5 Å². The average Bonchev–Trinajstić information content (AvgIpc) is 3.10. The molecule has 2 N–H and O–H groups in total. The Labute approximate surface area is 171 Å². The Hall–Kier alpha value is -2.69. The number of nitro benzene ring substituents is 1. The molecule has 0 atom stereocenters. The van der Waals surface area contributed by atoms with Gasteiger partial charge in [-0.1, -0.05) is 24.3 Å². The topological polar surface area (TPSA) is 97.2 Å². The fraction of sp³-hybridized carbons (Fsp3) is 0. The molecule has 0 saturated heterocycles. The van der Waals surface area contributed by atoms with Crippen molar-refractivity contribution in [1.82, 2.24) is 10.3 Å². The summed E-state index contributed by atoms with van der Waals surface area (Å²) >= 11 is 9.74. The standard InChI is InChI=1S/C17H11BrN4O3S2/c18-13-7-2-1-6-12(13)15(23)20-16(26)21-17-19-14(9-27-17)10-4-3-5-11(8-10)22(24)25/h1-9H,(H2,19,20,21,23,26). The third kappa shape index (κ3) is 4.73. The molecule has 0 saturated carbocycles. The maximum Gasteiger partial charge on any atom is 0.270 e. The lowest BCUT2D eigenvalue weighted by atomic mass is 10.1. The molecule has 136 valence electrons. The van der Waals surface area contributed by atoms with Crippen LogP contribution < -0.4 is 10.6 Å². The van der Waals surface area contributed by atoms with Crippen LogP contribution in [0.5, 0.6) is 0 Å². The van der Waals surface area contributed by atoms with E-state index in [1.807, 2.05) is 6.07 Å². The first-order valence-corrected chi connectivity index (χ1v) is 9.59. The fourth-order valence-electron chi connectivity index (χ4n) is 2.19. The summed E-state index contributed by atoms with van der Waals surface area (Å²) in [6, 6.07) is 13.2. The third-order valence-electron chi connectivity index (χ3n) is 3.42. The molecule has 0 aliphatic heterocycles. The smallest absolute Gasteiger partial charge is 0.270 e. The van der Waals surface area contributed by atoms with Crippen LogP contribution in [0.25, 0.3) is 11.3 Å². The summed E-state index contributed by atoms with van der Waals surface area (Å²) in [4.78, 5) is 27.0. The highest BCUT2D eigenvalue weighted by Gasteiger charge is 2.13. The molecule has 7 nitrogen and oxygen atoms in total. The third-order valence-corrected chi connectivity index (χ3v) is 5.08. The first-order valence-electron chi connectivity index (χ1n) is 7.51. The van der Waals surface area contributed by atoms with Crippen molar-refractivity contribution in [3.63, 3.8) is 0 Å². The van der Waals surface area contributed by atoms with Crippen LogP contribution in [0.2, 0.25) is 0 Å². The van der Waals surface area contributed by atoms with Gasteiger partial charge in [-0.3, -0.25) is 20.2 Å². The Kier molecular flexibility index (Phi) is 5.89. The number of carbonyl (C=O) groups is 1. The zero-order valence-electron chi connectivity index (χ0n) is 13.5. The number of non-ortho nitro benzene ring substituents is 1. The molecule has 0 spiro atoms. The number of nitrogens with one attached hydrogen (secondary N) is 2. The van der Waals surface area contributed by atoms with E-state index >= 15 is 0 Å². The van der Waals surface area contributed by atoms with Gasteiger partial charge in [-0.2, -0.15) is 0 Å². The van der Waals surface area contributed by atoms with E-state index in [-0.39, 0.29) is 16.7 Å². The molecular weight excluding hydrogens is 452 g/mol.